The highest BCUT2D eigenvalue weighted by molar-refractivity contribution is 5.43. The van der Waals surface area contributed by atoms with Gasteiger partial charge >= 0.3 is 0 Å². The van der Waals surface area contributed by atoms with Crippen molar-refractivity contribution in [3.05, 3.63) is 23.8 Å². The lowest BCUT2D eigenvalue weighted by atomic mass is 9.97. The van der Waals surface area contributed by atoms with Crippen LogP contribution >= 0.6 is 0 Å². The fourth-order valence-corrected chi connectivity index (χ4v) is 2.18. The summed E-state index contributed by atoms with van der Waals surface area (Å²) in [4.78, 5) is 0. The van der Waals surface area contributed by atoms with Crippen molar-refractivity contribution in [2.75, 3.05) is 13.7 Å². The van der Waals surface area contributed by atoms with Crippen molar-refractivity contribution in [3.63, 3.8) is 0 Å². The number of rotatable bonds is 4. The molecule has 1 heterocycles. The molecule has 1 aliphatic rings. The Morgan fingerprint density at radius 2 is 2.11 bits per heavy atom. The number of fused-ring (bicyclic) bond motifs is 1. The number of hydrogen-bond acceptors (Lipinski definition) is 3. The Hall–Kier alpha value is -1.22. The second-order valence-electron chi connectivity index (χ2n) is 5.29. The minimum absolute atomic E-state index is 0.362. The van der Waals surface area contributed by atoms with Gasteiger partial charge in [-0.05, 0) is 31.0 Å². The summed E-state index contributed by atoms with van der Waals surface area (Å²) < 4.78 is 11.0. The number of methoxy groups -OCH3 is 1. The van der Waals surface area contributed by atoms with Crippen LogP contribution in [0.25, 0.3) is 0 Å². The van der Waals surface area contributed by atoms with Crippen LogP contribution in [0.15, 0.2) is 18.2 Å². The molecular weight excluding hydrogens is 226 g/mol. The Balaban J connectivity index is 2.20. The van der Waals surface area contributed by atoms with Gasteiger partial charge in [-0.15, -0.1) is 0 Å². The van der Waals surface area contributed by atoms with E-state index in [0.29, 0.717) is 18.0 Å². The topological polar surface area (TPSA) is 30.5 Å². The lowest BCUT2D eigenvalue weighted by molar-refractivity contribution is 0.236. The average Bonchev–Trinajstić information content (AvgIpc) is 2.38. The largest absolute Gasteiger partial charge is 0.497 e. The molecule has 100 valence electrons. The van der Waals surface area contributed by atoms with Gasteiger partial charge in [-0.3, -0.25) is 0 Å². The van der Waals surface area contributed by atoms with Crippen LogP contribution in [-0.4, -0.2) is 19.8 Å². The summed E-state index contributed by atoms with van der Waals surface area (Å²) in [6, 6.07) is 6.89. The van der Waals surface area contributed by atoms with Crippen molar-refractivity contribution < 1.29 is 9.47 Å². The lowest BCUT2D eigenvalue weighted by Gasteiger charge is -2.31. The first-order chi connectivity index (χ1) is 8.61. The second-order valence-corrected chi connectivity index (χ2v) is 5.29. The molecule has 0 saturated heterocycles. The highest BCUT2D eigenvalue weighted by Crippen LogP contribution is 2.35. The SMILES string of the molecule is COc1ccc2c(c1)C(NC(C)C(C)C)CCO2. The number of nitrogens with one attached hydrogen (secondary N) is 1. The van der Waals surface area contributed by atoms with E-state index in [0.717, 1.165) is 24.5 Å². The first kappa shape index (κ1) is 13.2. The molecule has 3 nitrogen and oxygen atoms in total. The first-order valence-electron chi connectivity index (χ1n) is 6.68. The van der Waals surface area contributed by atoms with Crippen molar-refractivity contribution in [2.45, 2.75) is 39.3 Å². The normalized spacial score (nSPS) is 20.2. The van der Waals surface area contributed by atoms with E-state index in [9.17, 15) is 0 Å². The molecule has 2 atom stereocenters. The molecule has 3 heteroatoms. The van der Waals surface area contributed by atoms with Gasteiger partial charge in [0.05, 0.1) is 13.7 Å². The molecule has 0 aromatic heterocycles. The molecule has 0 fully saturated rings. The molecule has 0 saturated carbocycles. The third-order valence-electron chi connectivity index (χ3n) is 3.72. The Kier molecular flexibility index (Phi) is 4.12. The van der Waals surface area contributed by atoms with E-state index in [1.807, 2.05) is 12.1 Å². The van der Waals surface area contributed by atoms with E-state index in [4.69, 9.17) is 9.47 Å². The van der Waals surface area contributed by atoms with E-state index < -0.39 is 0 Å². The molecule has 1 aliphatic heterocycles. The molecule has 0 radical (unpaired) electrons. The quantitative estimate of drug-likeness (QED) is 0.889. The van der Waals surface area contributed by atoms with Crippen molar-refractivity contribution in [1.82, 2.24) is 5.32 Å². The third kappa shape index (κ3) is 2.78. The van der Waals surface area contributed by atoms with E-state index >= 15 is 0 Å². The molecule has 2 unspecified atom stereocenters. The maximum absolute atomic E-state index is 5.70. The molecule has 0 spiro atoms. The Morgan fingerprint density at radius 1 is 1.33 bits per heavy atom. The van der Waals surface area contributed by atoms with Gasteiger partial charge in [0.25, 0.3) is 0 Å². The summed E-state index contributed by atoms with van der Waals surface area (Å²) >= 11 is 0. The van der Waals surface area contributed by atoms with E-state index in [1.165, 1.54) is 5.56 Å². The molecule has 1 N–H and O–H groups in total. The summed E-state index contributed by atoms with van der Waals surface area (Å²) in [5.41, 5.74) is 1.22. The van der Waals surface area contributed by atoms with Crippen LogP contribution in [0.4, 0.5) is 0 Å². The summed E-state index contributed by atoms with van der Waals surface area (Å²) in [5, 5.41) is 3.69. The molecule has 0 bridgehead atoms. The van der Waals surface area contributed by atoms with E-state index in [2.05, 4.69) is 32.2 Å². The molecular formula is C15H23NO2. The standard InChI is InChI=1S/C15H23NO2/c1-10(2)11(3)16-14-7-8-18-15-6-5-12(17-4)9-13(14)15/h5-6,9-11,14,16H,7-8H2,1-4H3. The minimum Gasteiger partial charge on any atom is -0.497 e. The summed E-state index contributed by atoms with van der Waals surface area (Å²) in [6.45, 7) is 7.49. The van der Waals surface area contributed by atoms with Crippen LogP contribution in [0, 0.1) is 5.92 Å². The smallest absolute Gasteiger partial charge is 0.124 e. The first-order valence-corrected chi connectivity index (χ1v) is 6.68. The third-order valence-corrected chi connectivity index (χ3v) is 3.72. The lowest BCUT2D eigenvalue weighted by Crippen LogP contribution is -2.36. The summed E-state index contributed by atoms with van der Waals surface area (Å²) in [7, 11) is 1.70. The van der Waals surface area contributed by atoms with Gasteiger partial charge in [0.1, 0.15) is 11.5 Å². The van der Waals surface area contributed by atoms with Gasteiger partial charge in [0.15, 0.2) is 0 Å². The second kappa shape index (κ2) is 5.61. The van der Waals surface area contributed by atoms with Crippen LogP contribution < -0.4 is 14.8 Å². The Bertz CT molecular complexity index is 403. The molecule has 0 aliphatic carbocycles. The van der Waals surface area contributed by atoms with Crippen LogP contribution in [0.3, 0.4) is 0 Å². The Labute approximate surface area is 109 Å². The predicted octanol–water partition coefficient (Wildman–Crippen LogP) is 3.15. The number of hydrogen-bond donors (Lipinski definition) is 1. The highest BCUT2D eigenvalue weighted by Gasteiger charge is 2.24. The zero-order valence-corrected chi connectivity index (χ0v) is 11.7. The molecule has 1 aromatic carbocycles. The van der Waals surface area contributed by atoms with Crippen molar-refractivity contribution in [2.24, 2.45) is 5.92 Å². The van der Waals surface area contributed by atoms with Crippen LogP contribution in [-0.2, 0) is 0 Å². The van der Waals surface area contributed by atoms with Crippen molar-refractivity contribution in [1.29, 1.82) is 0 Å². The fourth-order valence-electron chi connectivity index (χ4n) is 2.18. The monoisotopic (exact) mass is 249 g/mol. The molecule has 1 aromatic rings. The van der Waals surface area contributed by atoms with Gasteiger partial charge in [0, 0.05) is 24.1 Å². The zero-order valence-electron chi connectivity index (χ0n) is 11.7. The van der Waals surface area contributed by atoms with Gasteiger partial charge in [0.2, 0.25) is 0 Å². The fraction of sp³-hybridized carbons (Fsp3) is 0.600. The van der Waals surface area contributed by atoms with Crippen molar-refractivity contribution >= 4 is 0 Å². The molecule has 2 rings (SSSR count). The van der Waals surface area contributed by atoms with Gasteiger partial charge < -0.3 is 14.8 Å². The Morgan fingerprint density at radius 3 is 2.78 bits per heavy atom. The maximum atomic E-state index is 5.70. The predicted molar refractivity (Wildman–Crippen MR) is 73.3 cm³/mol. The summed E-state index contributed by atoms with van der Waals surface area (Å²) in [6.07, 6.45) is 1.01. The zero-order chi connectivity index (χ0) is 13.1. The molecule has 0 amide bonds. The maximum Gasteiger partial charge on any atom is 0.124 e. The minimum atomic E-state index is 0.362. The van der Waals surface area contributed by atoms with Gasteiger partial charge in [-0.25, -0.2) is 0 Å². The van der Waals surface area contributed by atoms with Crippen LogP contribution in [0.5, 0.6) is 11.5 Å². The van der Waals surface area contributed by atoms with Gasteiger partial charge in [-0.2, -0.15) is 0 Å². The van der Waals surface area contributed by atoms with E-state index in [-0.39, 0.29) is 0 Å². The molecule has 18 heavy (non-hydrogen) atoms. The summed E-state index contributed by atoms with van der Waals surface area (Å²) in [5.74, 6) is 2.50. The van der Waals surface area contributed by atoms with Crippen LogP contribution in [0.1, 0.15) is 38.8 Å². The van der Waals surface area contributed by atoms with Crippen LogP contribution in [0.2, 0.25) is 0 Å². The van der Waals surface area contributed by atoms with Gasteiger partial charge in [-0.1, -0.05) is 13.8 Å². The highest BCUT2D eigenvalue weighted by atomic mass is 16.5. The van der Waals surface area contributed by atoms with Crippen molar-refractivity contribution in [3.8, 4) is 11.5 Å². The number of benzene rings is 1. The van der Waals surface area contributed by atoms with E-state index in [1.54, 1.807) is 7.11 Å². The number of ether oxygens (including phenoxy) is 2. The average molecular weight is 249 g/mol.